The zero-order chi connectivity index (χ0) is 16.4. The third kappa shape index (κ3) is 3.15. The van der Waals surface area contributed by atoms with Crippen molar-refractivity contribution in [3.05, 3.63) is 49.2 Å². The van der Waals surface area contributed by atoms with E-state index >= 15 is 0 Å². The second-order valence-electron chi connectivity index (χ2n) is 5.33. The molecule has 1 aromatic carbocycles. The molecule has 122 valence electrons. The lowest BCUT2D eigenvalue weighted by Crippen LogP contribution is -2.42. The van der Waals surface area contributed by atoms with Gasteiger partial charge >= 0.3 is 5.69 Å². The molecule has 2 heterocycles. The number of nitro benzene ring substituents is 1. The van der Waals surface area contributed by atoms with Crippen LogP contribution in [-0.4, -0.2) is 52.2 Å². The molecule has 1 aromatic heterocycles. The Morgan fingerprint density at radius 1 is 1.22 bits per heavy atom. The molecule has 9 heteroatoms. The van der Waals surface area contributed by atoms with Crippen LogP contribution >= 0.6 is 0 Å². The van der Waals surface area contributed by atoms with Crippen molar-refractivity contribution in [1.29, 1.82) is 0 Å². The Morgan fingerprint density at radius 3 is 2.65 bits per heavy atom. The second kappa shape index (κ2) is 6.31. The fourth-order valence-corrected chi connectivity index (χ4v) is 2.62. The van der Waals surface area contributed by atoms with E-state index in [1.807, 2.05) is 0 Å². The van der Waals surface area contributed by atoms with Gasteiger partial charge in [0.2, 0.25) is 0 Å². The Bertz CT molecular complexity index is 850. The van der Waals surface area contributed by atoms with E-state index in [-0.39, 0.29) is 17.6 Å². The van der Waals surface area contributed by atoms with Crippen molar-refractivity contribution < 1.29 is 9.66 Å². The molecule has 0 amide bonds. The largest absolute Gasteiger partial charge is 0.379 e. The lowest BCUT2D eigenvalue weighted by atomic mass is 10.2. The van der Waals surface area contributed by atoms with Crippen molar-refractivity contribution in [2.24, 2.45) is 0 Å². The summed E-state index contributed by atoms with van der Waals surface area (Å²) in [7, 11) is 0. The molecule has 0 atom stereocenters. The van der Waals surface area contributed by atoms with Gasteiger partial charge in [-0.15, -0.1) is 0 Å². The number of aromatic nitrogens is 2. The van der Waals surface area contributed by atoms with Gasteiger partial charge in [-0.2, -0.15) is 0 Å². The predicted octanol–water partition coefficient (Wildman–Crippen LogP) is -0.0698. The minimum Gasteiger partial charge on any atom is -0.379 e. The molecule has 0 bridgehead atoms. The number of nitrogens with one attached hydrogen (secondary N) is 1. The van der Waals surface area contributed by atoms with E-state index in [2.05, 4.69) is 9.88 Å². The summed E-state index contributed by atoms with van der Waals surface area (Å²) < 4.78 is 6.34. The minimum absolute atomic E-state index is 0.140. The summed E-state index contributed by atoms with van der Waals surface area (Å²) in [5, 5.41) is 11.0. The van der Waals surface area contributed by atoms with Crippen molar-refractivity contribution in [3.8, 4) is 0 Å². The Labute approximate surface area is 130 Å². The van der Waals surface area contributed by atoms with Crippen LogP contribution in [0.4, 0.5) is 5.69 Å². The molecular formula is C14H16N4O5. The van der Waals surface area contributed by atoms with Gasteiger partial charge in [0.1, 0.15) is 0 Å². The highest BCUT2D eigenvalue weighted by atomic mass is 16.6. The Balaban J connectivity index is 1.94. The molecule has 0 spiro atoms. The highest BCUT2D eigenvalue weighted by molar-refractivity contribution is 5.79. The maximum absolute atomic E-state index is 12.5. The van der Waals surface area contributed by atoms with Gasteiger partial charge in [-0.1, -0.05) is 0 Å². The van der Waals surface area contributed by atoms with Gasteiger partial charge in [-0.3, -0.25) is 24.4 Å². The highest BCUT2D eigenvalue weighted by Crippen LogP contribution is 2.15. The minimum atomic E-state index is -0.567. The summed E-state index contributed by atoms with van der Waals surface area (Å²) in [5.41, 5.74) is -0.903. The quantitative estimate of drug-likeness (QED) is 0.623. The number of hydrogen-bond donors (Lipinski definition) is 1. The fraction of sp³-hybridized carbons (Fsp3) is 0.429. The van der Waals surface area contributed by atoms with Crippen LogP contribution in [-0.2, 0) is 11.3 Å². The lowest BCUT2D eigenvalue weighted by molar-refractivity contribution is -0.384. The van der Waals surface area contributed by atoms with Gasteiger partial charge < -0.3 is 9.72 Å². The summed E-state index contributed by atoms with van der Waals surface area (Å²) in [6, 6.07) is 3.83. The van der Waals surface area contributed by atoms with Crippen molar-refractivity contribution in [2.75, 3.05) is 32.8 Å². The smallest absolute Gasteiger partial charge is 0.328 e. The number of nitrogens with zero attached hydrogens (tertiary/aromatic N) is 3. The van der Waals surface area contributed by atoms with Crippen LogP contribution in [0.25, 0.3) is 10.9 Å². The first-order chi connectivity index (χ1) is 11.1. The number of benzene rings is 1. The second-order valence-corrected chi connectivity index (χ2v) is 5.33. The van der Waals surface area contributed by atoms with Crippen LogP contribution in [0, 0.1) is 10.1 Å². The van der Waals surface area contributed by atoms with Gasteiger partial charge in [-0.25, -0.2) is 4.79 Å². The predicted molar refractivity (Wildman–Crippen MR) is 82.7 cm³/mol. The molecule has 2 aromatic rings. The first kappa shape index (κ1) is 15.4. The number of morpholine rings is 1. The van der Waals surface area contributed by atoms with Crippen molar-refractivity contribution in [2.45, 2.75) is 6.54 Å². The van der Waals surface area contributed by atoms with Crippen LogP contribution < -0.4 is 11.2 Å². The van der Waals surface area contributed by atoms with Crippen molar-refractivity contribution in [1.82, 2.24) is 14.5 Å². The third-order valence-electron chi connectivity index (χ3n) is 3.92. The van der Waals surface area contributed by atoms with E-state index < -0.39 is 16.2 Å². The van der Waals surface area contributed by atoms with Gasteiger partial charge in [0.25, 0.3) is 11.2 Å². The molecule has 1 aliphatic rings. The molecule has 3 rings (SSSR count). The molecule has 0 aliphatic carbocycles. The van der Waals surface area contributed by atoms with Gasteiger partial charge in [0.05, 0.1) is 29.0 Å². The lowest BCUT2D eigenvalue weighted by Gasteiger charge is -2.26. The number of hydrogen-bond acceptors (Lipinski definition) is 6. The van der Waals surface area contributed by atoms with Crippen LogP contribution in [0.1, 0.15) is 0 Å². The van der Waals surface area contributed by atoms with E-state index in [4.69, 9.17) is 4.74 Å². The Morgan fingerprint density at radius 2 is 1.96 bits per heavy atom. The van der Waals surface area contributed by atoms with Crippen LogP contribution in [0.15, 0.2) is 27.8 Å². The zero-order valence-electron chi connectivity index (χ0n) is 12.4. The summed E-state index contributed by atoms with van der Waals surface area (Å²) >= 11 is 0. The van der Waals surface area contributed by atoms with E-state index in [0.29, 0.717) is 25.3 Å². The average Bonchev–Trinajstić information content (AvgIpc) is 2.55. The number of nitro groups is 1. The maximum Gasteiger partial charge on any atom is 0.328 e. The van der Waals surface area contributed by atoms with Gasteiger partial charge in [0, 0.05) is 38.3 Å². The first-order valence-electron chi connectivity index (χ1n) is 7.27. The molecule has 0 radical (unpaired) electrons. The molecule has 0 saturated carbocycles. The number of fused-ring (bicyclic) bond motifs is 1. The van der Waals surface area contributed by atoms with E-state index in [1.54, 1.807) is 0 Å². The first-order valence-corrected chi connectivity index (χ1v) is 7.27. The molecule has 23 heavy (non-hydrogen) atoms. The molecular weight excluding hydrogens is 304 g/mol. The Hall–Kier alpha value is -2.52. The van der Waals surface area contributed by atoms with Crippen molar-refractivity contribution >= 4 is 16.6 Å². The number of ether oxygens (including phenoxy) is 1. The topological polar surface area (TPSA) is 110 Å². The van der Waals surface area contributed by atoms with E-state index in [0.717, 1.165) is 17.7 Å². The highest BCUT2D eigenvalue weighted by Gasteiger charge is 2.14. The number of aromatic amines is 1. The standard InChI is InChI=1S/C14H16N4O5/c19-13-11-9-10(18(21)22)1-2-12(11)15-14(20)17(13)4-3-16-5-7-23-8-6-16/h1-2,9H,3-8H2,(H,15,20). The maximum atomic E-state index is 12.5. The normalized spacial score (nSPS) is 15.8. The van der Waals surface area contributed by atoms with Crippen LogP contribution in [0.5, 0.6) is 0 Å². The average molecular weight is 320 g/mol. The fourth-order valence-electron chi connectivity index (χ4n) is 2.62. The number of non-ortho nitro benzene ring substituents is 1. The molecule has 1 fully saturated rings. The molecule has 1 aliphatic heterocycles. The summed E-state index contributed by atoms with van der Waals surface area (Å²) in [6.45, 7) is 3.56. The number of rotatable bonds is 4. The summed E-state index contributed by atoms with van der Waals surface area (Å²) in [6.07, 6.45) is 0. The van der Waals surface area contributed by atoms with E-state index in [9.17, 15) is 19.7 Å². The summed E-state index contributed by atoms with van der Waals surface area (Å²) in [4.78, 5) is 39.5. The van der Waals surface area contributed by atoms with Crippen LogP contribution in [0.2, 0.25) is 0 Å². The summed E-state index contributed by atoms with van der Waals surface area (Å²) in [5.74, 6) is 0. The SMILES string of the molecule is O=c1[nH]c2ccc([N+](=O)[O-])cc2c(=O)n1CCN1CCOCC1. The van der Waals surface area contributed by atoms with Crippen LogP contribution in [0.3, 0.4) is 0 Å². The molecule has 0 unspecified atom stereocenters. The monoisotopic (exact) mass is 320 g/mol. The molecule has 1 saturated heterocycles. The zero-order valence-corrected chi connectivity index (χ0v) is 12.4. The molecule has 9 nitrogen and oxygen atoms in total. The third-order valence-corrected chi connectivity index (χ3v) is 3.92. The number of H-pyrrole nitrogens is 1. The Kier molecular flexibility index (Phi) is 4.22. The molecule has 1 N–H and O–H groups in total. The van der Waals surface area contributed by atoms with E-state index in [1.165, 1.54) is 18.2 Å². The van der Waals surface area contributed by atoms with Gasteiger partial charge in [-0.05, 0) is 6.07 Å². The van der Waals surface area contributed by atoms with Crippen molar-refractivity contribution in [3.63, 3.8) is 0 Å². The van der Waals surface area contributed by atoms with Gasteiger partial charge in [0.15, 0.2) is 0 Å².